The van der Waals surface area contributed by atoms with Crippen molar-refractivity contribution in [3.05, 3.63) is 18.2 Å². The number of nitrogens with zero attached hydrogens (tertiary/aromatic N) is 3. The van der Waals surface area contributed by atoms with Crippen LogP contribution in [0.25, 0.3) is 0 Å². The van der Waals surface area contributed by atoms with Crippen LogP contribution in [0.15, 0.2) is 17.4 Å². The highest BCUT2D eigenvalue weighted by Crippen LogP contribution is 2.18. The smallest absolute Gasteiger partial charge is 0.191 e. The molecule has 6 heteroatoms. The second kappa shape index (κ2) is 9.55. The van der Waals surface area contributed by atoms with Gasteiger partial charge in [0.25, 0.3) is 0 Å². The number of aliphatic imine (C=N–C) groups is 1. The summed E-state index contributed by atoms with van der Waals surface area (Å²) >= 11 is 0. The Kier molecular flexibility index (Phi) is 7.39. The molecule has 2 rings (SSSR count). The van der Waals surface area contributed by atoms with Gasteiger partial charge in [-0.3, -0.25) is 4.99 Å². The third-order valence-electron chi connectivity index (χ3n) is 4.38. The molecule has 0 aliphatic heterocycles. The average molecular weight is 321 g/mol. The van der Waals surface area contributed by atoms with Gasteiger partial charge < -0.3 is 20.3 Å². The van der Waals surface area contributed by atoms with E-state index in [1.54, 1.807) is 0 Å². The van der Waals surface area contributed by atoms with Crippen molar-refractivity contribution in [2.75, 3.05) is 13.1 Å². The van der Waals surface area contributed by atoms with E-state index in [1.807, 2.05) is 19.3 Å². The van der Waals surface area contributed by atoms with Gasteiger partial charge in [0, 0.05) is 38.1 Å². The zero-order valence-corrected chi connectivity index (χ0v) is 14.5. The van der Waals surface area contributed by atoms with Gasteiger partial charge in [-0.2, -0.15) is 0 Å². The fourth-order valence-corrected chi connectivity index (χ4v) is 2.96. The fourth-order valence-electron chi connectivity index (χ4n) is 2.96. The molecule has 1 heterocycles. The lowest BCUT2D eigenvalue weighted by molar-refractivity contribution is 0.120. The van der Waals surface area contributed by atoms with Crippen molar-refractivity contribution >= 4 is 5.96 Å². The van der Waals surface area contributed by atoms with E-state index in [0.29, 0.717) is 6.04 Å². The largest absolute Gasteiger partial charge is 0.393 e. The number of aliphatic hydroxyl groups excluding tert-OH is 1. The molecule has 1 aromatic rings. The van der Waals surface area contributed by atoms with Crippen molar-refractivity contribution in [3.8, 4) is 0 Å². The standard InChI is InChI=1S/C17H31N5O/c1-3-18-17(21-15-6-8-16(23)9-7-15)20-10-4-5-12-22-13-11-19-14(22)2/h11,13,15-16,23H,3-10,12H2,1-2H3,(H2,18,20,21). The van der Waals surface area contributed by atoms with E-state index in [1.165, 1.54) is 0 Å². The van der Waals surface area contributed by atoms with Gasteiger partial charge in [0.05, 0.1) is 6.10 Å². The molecule has 23 heavy (non-hydrogen) atoms. The summed E-state index contributed by atoms with van der Waals surface area (Å²) in [5, 5.41) is 16.4. The molecule has 0 bridgehead atoms. The zero-order valence-electron chi connectivity index (χ0n) is 14.5. The first kappa shape index (κ1) is 17.8. The Hall–Kier alpha value is -1.56. The van der Waals surface area contributed by atoms with Crippen LogP contribution in [-0.2, 0) is 6.54 Å². The van der Waals surface area contributed by atoms with E-state index in [0.717, 1.165) is 69.9 Å². The van der Waals surface area contributed by atoms with Gasteiger partial charge in [0.2, 0.25) is 0 Å². The number of unbranched alkanes of at least 4 members (excludes halogenated alkanes) is 1. The first-order chi connectivity index (χ1) is 11.2. The average Bonchev–Trinajstić information content (AvgIpc) is 2.94. The highest BCUT2D eigenvalue weighted by molar-refractivity contribution is 5.80. The summed E-state index contributed by atoms with van der Waals surface area (Å²) in [6, 6.07) is 0.435. The molecule has 0 spiro atoms. The van der Waals surface area contributed by atoms with E-state index in [2.05, 4.69) is 32.1 Å². The van der Waals surface area contributed by atoms with Gasteiger partial charge in [-0.1, -0.05) is 0 Å². The van der Waals surface area contributed by atoms with Gasteiger partial charge in [-0.25, -0.2) is 4.98 Å². The molecule has 1 aliphatic rings. The molecule has 1 aliphatic carbocycles. The topological polar surface area (TPSA) is 74.5 Å². The SMILES string of the molecule is CCNC(=NCCCCn1ccnc1C)NC1CCC(O)CC1. The summed E-state index contributed by atoms with van der Waals surface area (Å²) in [5.41, 5.74) is 0. The highest BCUT2D eigenvalue weighted by atomic mass is 16.3. The van der Waals surface area contributed by atoms with Crippen LogP contribution in [0, 0.1) is 6.92 Å². The summed E-state index contributed by atoms with van der Waals surface area (Å²) in [4.78, 5) is 8.91. The Morgan fingerprint density at radius 1 is 1.35 bits per heavy atom. The molecule has 0 saturated heterocycles. The normalized spacial score (nSPS) is 22.1. The molecule has 6 nitrogen and oxygen atoms in total. The first-order valence-electron chi connectivity index (χ1n) is 8.89. The van der Waals surface area contributed by atoms with Gasteiger partial charge in [0.1, 0.15) is 5.82 Å². The Balaban J connectivity index is 1.69. The molecule has 1 fully saturated rings. The van der Waals surface area contributed by atoms with E-state index in [-0.39, 0.29) is 6.10 Å². The number of aliphatic hydroxyl groups is 1. The van der Waals surface area contributed by atoms with Crippen LogP contribution in [0.4, 0.5) is 0 Å². The molecular formula is C17H31N5O. The number of nitrogens with one attached hydrogen (secondary N) is 2. The van der Waals surface area contributed by atoms with E-state index in [4.69, 9.17) is 0 Å². The van der Waals surface area contributed by atoms with Crippen molar-refractivity contribution in [3.63, 3.8) is 0 Å². The van der Waals surface area contributed by atoms with Crippen molar-refractivity contribution < 1.29 is 5.11 Å². The second-order valence-corrected chi connectivity index (χ2v) is 6.29. The minimum atomic E-state index is -0.112. The molecule has 1 aromatic heterocycles. The molecule has 0 radical (unpaired) electrons. The fraction of sp³-hybridized carbons (Fsp3) is 0.765. The number of aryl methyl sites for hydroxylation is 2. The number of hydrogen-bond acceptors (Lipinski definition) is 3. The lowest BCUT2D eigenvalue weighted by Gasteiger charge is -2.27. The summed E-state index contributed by atoms with van der Waals surface area (Å²) in [5.74, 6) is 1.98. The summed E-state index contributed by atoms with van der Waals surface area (Å²) < 4.78 is 2.18. The lowest BCUT2D eigenvalue weighted by atomic mass is 9.93. The van der Waals surface area contributed by atoms with Crippen molar-refractivity contribution in [2.45, 2.75) is 71.1 Å². The first-order valence-corrected chi connectivity index (χ1v) is 8.89. The van der Waals surface area contributed by atoms with Gasteiger partial charge >= 0.3 is 0 Å². The summed E-state index contributed by atoms with van der Waals surface area (Å²) in [6.07, 6.45) is 9.76. The maximum Gasteiger partial charge on any atom is 0.191 e. The zero-order chi connectivity index (χ0) is 16.5. The van der Waals surface area contributed by atoms with Crippen molar-refractivity contribution in [1.29, 1.82) is 0 Å². The Morgan fingerprint density at radius 2 is 2.13 bits per heavy atom. The van der Waals surface area contributed by atoms with Gasteiger partial charge in [-0.15, -0.1) is 0 Å². The molecule has 130 valence electrons. The number of hydrogen-bond donors (Lipinski definition) is 3. The molecule has 1 saturated carbocycles. The van der Waals surface area contributed by atoms with Crippen LogP contribution in [0.2, 0.25) is 0 Å². The number of guanidine groups is 1. The molecular weight excluding hydrogens is 290 g/mol. The van der Waals surface area contributed by atoms with E-state index in [9.17, 15) is 5.11 Å². The van der Waals surface area contributed by atoms with Crippen LogP contribution in [0.3, 0.4) is 0 Å². The number of imidazole rings is 1. The van der Waals surface area contributed by atoms with Crippen molar-refractivity contribution in [1.82, 2.24) is 20.2 Å². The predicted octanol–water partition coefficient (Wildman–Crippen LogP) is 1.83. The van der Waals surface area contributed by atoms with Crippen molar-refractivity contribution in [2.24, 2.45) is 4.99 Å². The summed E-state index contributed by atoms with van der Waals surface area (Å²) in [7, 11) is 0. The van der Waals surface area contributed by atoms with Crippen LogP contribution in [-0.4, -0.2) is 45.9 Å². The molecule has 0 aromatic carbocycles. The molecule has 0 unspecified atom stereocenters. The predicted molar refractivity (Wildman–Crippen MR) is 93.6 cm³/mol. The third kappa shape index (κ3) is 6.22. The third-order valence-corrected chi connectivity index (χ3v) is 4.38. The quantitative estimate of drug-likeness (QED) is 0.407. The Labute approximate surface area is 139 Å². The van der Waals surface area contributed by atoms with E-state index >= 15 is 0 Å². The highest BCUT2D eigenvalue weighted by Gasteiger charge is 2.19. The maximum absolute atomic E-state index is 9.58. The lowest BCUT2D eigenvalue weighted by Crippen LogP contribution is -2.45. The van der Waals surface area contributed by atoms with Crippen LogP contribution in [0.5, 0.6) is 0 Å². The minimum Gasteiger partial charge on any atom is -0.393 e. The molecule has 0 atom stereocenters. The van der Waals surface area contributed by atoms with Crippen LogP contribution in [0.1, 0.15) is 51.3 Å². The Morgan fingerprint density at radius 3 is 2.78 bits per heavy atom. The van der Waals surface area contributed by atoms with Gasteiger partial charge in [-0.05, 0) is 52.4 Å². The maximum atomic E-state index is 9.58. The monoisotopic (exact) mass is 321 g/mol. The van der Waals surface area contributed by atoms with E-state index < -0.39 is 0 Å². The van der Waals surface area contributed by atoms with Gasteiger partial charge in [0.15, 0.2) is 5.96 Å². The molecule has 3 N–H and O–H groups in total. The number of rotatable bonds is 7. The Bertz CT molecular complexity index is 477. The molecule has 0 amide bonds. The van der Waals surface area contributed by atoms with Crippen LogP contribution < -0.4 is 10.6 Å². The number of aromatic nitrogens is 2. The summed E-state index contributed by atoms with van der Waals surface area (Å²) in [6.45, 7) is 6.83. The minimum absolute atomic E-state index is 0.112. The second-order valence-electron chi connectivity index (χ2n) is 6.29. The van der Waals surface area contributed by atoms with Crippen LogP contribution >= 0.6 is 0 Å².